The first-order valence-corrected chi connectivity index (χ1v) is 6.64. The van der Waals surface area contributed by atoms with Gasteiger partial charge in [0.25, 0.3) is 0 Å². The van der Waals surface area contributed by atoms with Crippen LogP contribution < -0.4 is 0 Å². The summed E-state index contributed by atoms with van der Waals surface area (Å²) in [6, 6.07) is 0. The second-order valence-electron chi connectivity index (χ2n) is 4.92. The predicted molar refractivity (Wildman–Crippen MR) is 66.8 cm³/mol. The molecule has 2 unspecified atom stereocenters. The van der Waals surface area contributed by atoms with Gasteiger partial charge in [-0.3, -0.25) is 0 Å². The van der Waals surface area contributed by atoms with E-state index in [9.17, 15) is 9.36 Å². The fourth-order valence-corrected chi connectivity index (χ4v) is 1.46. The Labute approximate surface area is 104 Å². The highest BCUT2D eigenvalue weighted by Crippen LogP contribution is 2.30. The molecule has 0 aromatic heterocycles. The van der Waals surface area contributed by atoms with Crippen molar-refractivity contribution in [1.29, 1.82) is 0 Å². The summed E-state index contributed by atoms with van der Waals surface area (Å²) in [5.74, 6) is -1.29. The van der Waals surface area contributed by atoms with Gasteiger partial charge in [0.05, 0.1) is 21.1 Å². The van der Waals surface area contributed by atoms with Crippen LogP contribution in [0.5, 0.6) is 0 Å². The molecule has 0 aromatic rings. The average molecular weight is 263 g/mol. The van der Waals surface area contributed by atoms with E-state index in [1.165, 1.54) is 0 Å². The number of likely N-dealkylation sites (N-methyl/N-ethyl adjacent to an activating group) is 1. The van der Waals surface area contributed by atoms with Gasteiger partial charge in [-0.2, -0.15) is 0 Å². The number of rotatable bonds is 7. The number of hydrogen-bond donors (Lipinski definition) is 0. The van der Waals surface area contributed by atoms with Crippen LogP contribution >= 0.6 is 8.03 Å². The van der Waals surface area contributed by atoms with Gasteiger partial charge in [0.1, 0.15) is 6.54 Å². The van der Waals surface area contributed by atoms with E-state index >= 15 is 0 Å². The van der Waals surface area contributed by atoms with Crippen molar-refractivity contribution >= 4 is 14.0 Å². The molecule has 2 atom stereocenters. The highest BCUT2D eigenvalue weighted by molar-refractivity contribution is 7.39. The van der Waals surface area contributed by atoms with E-state index in [-0.39, 0.29) is 5.57 Å². The second kappa shape index (κ2) is 6.84. The van der Waals surface area contributed by atoms with E-state index < -0.39 is 19.8 Å². The third kappa shape index (κ3) is 8.02. The summed E-state index contributed by atoms with van der Waals surface area (Å²) in [5, 5.41) is 0. The quantitative estimate of drug-likeness (QED) is 0.305. The van der Waals surface area contributed by atoms with Crippen molar-refractivity contribution in [3.63, 3.8) is 0 Å². The van der Waals surface area contributed by atoms with E-state index in [0.29, 0.717) is 6.61 Å². The van der Waals surface area contributed by atoms with Crippen LogP contribution in [0.15, 0.2) is 12.2 Å². The molecule has 0 aliphatic heterocycles. The lowest BCUT2D eigenvalue weighted by Gasteiger charge is -2.22. The highest BCUT2D eigenvalue weighted by Gasteiger charge is 2.32. The van der Waals surface area contributed by atoms with Crippen molar-refractivity contribution in [2.24, 2.45) is 0 Å². The van der Waals surface area contributed by atoms with Gasteiger partial charge < -0.3 is 9.22 Å². The summed E-state index contributed by atoms with van der Waals surface area (Å²) in [5.41, 5.74) is 0.284. The van der Waals surface area contributed by atoms with Crippen LogP contribution in [0.4, 0.5) is 0 Å². The third-order valence-electron chi connectivity index (χ3n) is 1.90. The lowest BCUT2D eigenvalue weighted by atomic mass is 10.4. The topological polar surface area (TPSA) is 52.6 Å². The number of carbonyl (C=O) groups excluding carboxylic acids is 1. The summed E-state index contributed by atoms with van der Waals surface area (Å²) < 4.78 is 22.4. The fourth-order valence-electron chi connectivity index (χ4n) is 0.808. The van der Waals surface area contributed by atoms with Gasteiger partial charge in [-0.15, -0.1) is 4.52 Å². The maximum absolute atomic E-state index is 11.6. The van der Waals surface area contributed by atoms with Crippen molar-refractivity contribution in [2.75, 3.05) is 34.3 Å². The van der Waals surface area contributed by atoms with E-state index in [2.05, 4.69) is 6.58 Å². The lowest BCUT2D eigenvalue weighted by molar-refractivity contribution is -0.870. The maximum atomic E-state index is 11.6. The largest absolute Gasteiger partial charge is 0.553 e. The molecule has 0 radical (unpaired) electrons. The van der Waals surface area contributed by atoms with Crippen LogP contribution in [-0.2, 0) is 18.6 Å². The van der Waals surface area contributed by atoms with Crippen molar-refractivity contribution in [1.82, 2.24) is 0 Å². The van der Waals surface area contributed by atoms with E-state index in [4.69, 9.17) is 9.26 Å². The Morgan fingerprint density at radius 1 is 1.41 bits per heavy atom. The Bertz CT molecular complexity index is 309. The van der Waals surface area contributed by atoms with Gasteiger partial charge in [-0.05, 0) is 11.5 Å². The molecule has 0 heterocycles. The molecule has 0 saturated carbocycles. The van der Waals surface area contributed by atoms with E-state index in [0.717, 1.165) is 11.0 Å². The summed E-state index contributed by atoms with van der Waals surface area (Å²) >= 11 is 0. The number of carbonyl (C=O) groups is 1. The van der Waals surface area contributed by atoms with Gasteiger partial charge in [-0.1, -0.05) is 6.58 Å². The van der Waals surface area contributed by atoms with Gasteiger partial charge in [-0.25, -0.2) is 4.79 Å². The van der Waals surface area contributed by atoms with Crippen molar-refractivity contribution in [3.8, 4) is 0 Å². The minimum absolute atomic E-state index is 0.284. The predicted octanol–water partition coefficient (Wildman–Crippen LogP) is 1.92. The third-order valence-corrected chi connectivity index (χ3v) is 3.04. The van der Waals surface area contributed by atoms with Crippen molar-refractivity contribution < 1.29 is 23.1 Å². The molecular formula is C11H22NO4P+2. The minimum Gasteiger partial charge on any atom is -0.410 e. The first-order valence-electron chi connectivity index (χ1n) is 5.39. The fraction of sp³-hybridized carbons (Fsp3) is 0.727. The number of nitrogens with zero attached hydrogens (tertiary/aromatic N) is 1. The van der Waals surface area contributed by atoms with E-state index in [1.54, 1.807) is 13.8 Å². The standard InChI is InChI=1S/C11H22NO4P/c1-9(2)11(13)16-10(3)17(14)15-8-7-12(4,5)6/h10H,1,7-8H2,2-6H3/q+2. The molecule has 0 rings (SSSR count). The SMILES string of the molecule is C=C(C)C(=O)OC(C)[P+](=O)OCC[N+](C)(C)C. The van der Waals surface area contributed by atoms with Crippen LogP contribution in [0.3, 0.4) is 0 Å². The molecular weight excluding hydrogens is 241 g/mol. The summed E-state index contributed by atoms with van der Waals surface area (Å²) in [4.78, 5) is 11.2. The number of hydrogen-bond acceptors (Lipinski definition) is 4. The Morgan fingerprint density at radius 2 is 1.94 bits per heavy atom. The molecule has 17 heavy (non-hydrogen) atoms. The first kappa shape index (κ1) is 16.2. The highest BCUT2D eigenvalue weighted by atomic mass is 31.1. The van der Waals surface area contributed by atoms with Crippen LogP contribution in [-0.4, -0.2) is 50.6 Å². The number of ether oxygens (including phenoxy) is 1. The molecule has 0 aliphatic rings. The number of esters is 1. The molecule has 0 saturated heterocycles. The molecule has 0 fully saturated rings. The molecule has 0 bridgehead atoms. The monoisotopic (exact) mass is 263 g/mol. The zero-order chi connectivity index (χ0) is 13.6. The lowest BCUT2D eigenvalue weighted by Crippen LogP contribution is -2.37. The zero-order valence-electron chi connectivity index (χ0n) is 11.2. The van der Waals surface area contributed by atoms with E-state index in [1.807, 2.05) is 21.1 Å². The minimum atomic E-state index is -2.00. The van der Waals surface area contributed by atoms with Crippen LogP contribution in [0, 0.1) is 0 Å². The summed E-state index contributed by atoms with van der Waals surface area (Å²) in [7, 11) is 4.05. The normalized spacial score (nSPS) is 14.1. The summed E-state index contributed by atoms with van der Waals surface area (Å²) in [6.45, 7) is 7.65. The van der Waals surface area contributed by atoms with Crippen LogP contribution in [0.25, 0.3) is 0 Å². The van der Waals surface area contributed by atoms with Gasteiger partial charge in [0.2, 0.25) is 0 Å². The first-order chi connectivity index (χ1) is 7.63. The van der Waals surface area contributed by atoms with Gasteiger partial charge in [0, 0.05) is 12.5 Å². The molecule has 0 aromatic carbocycles. The van der Waals surface area contributed by atoms with Crippen molar-refractivity contribution in [3.05, 3.63) is 12.2 Å². The molecule has 0 aliphatic carbocycles. The Hall–Kier alpha value is -0.770. The zero-order valence-corrected chi connectivity index (χ0v) is 12.1. The Balaban J connectivity index is 3.99. The van der Waals surface area contributed by atoms with Crippen LogP contribution in [0.2, 0.25) is 0 Å². The molecule has 98 valence electrons. The Kier molecular flexibility index (Phi) is 6.53. The van der Waals surface area contributed by atoms with Crippen molar-refractivity contribution in [2.45, 2.75) is 19.7 Å². The Morgan fingerprint density at radius 3 is 2.35 bits per heavy atom. The van der Waals surface area contributed by atoms with Gasteiger partial charge >= 0.3 is 19.8 Å². The van der Waals surface area contributed by atoms with Gasteiger partial charge in [0.15, 0.2) is 6.61 Å². The summed E-state index contributed by atoms with van der Waals surface area (Å²) in [6.07, 6.45) is 0. The molecule has 0 amide bonds. The molecule has 5 nitrogen and oxygen atoms in total. The molecule has 6 heteroatoms. The smallest absolute Gasteiger partial charge is 0.410 e. The average Bonchev–Trinajstić information content (AvgIpc) is 2.15. The maximum Gasteiger partial charge on any atom is 0.553 e. The second-order valence-corrected chi connectivity index (χ2v) is 6.47. The number of quaternary nitrogens is 1. The molecule has 0 N–H and O–H groups in total. The van der Waals surface area contributed by atoms with Crippen LogP contribution in [0.1, 0.15) is 13.8 Å². The molecule has 0 spiro atoms.